The number of carbonyl (C=O) groups excluding carboxylic acids is 1. The molecule has 1 aromatic rings. The Morgan fingerprint density at radius 2 is 2.40 bits per heavy atom. The Labute approximate surface area is 125 Å². The molecule has 1 aromatic heterocycles. The van der Waals surface area contributed by atoms with Crippen molar-refractivity contribution in [2.24, 2.45) is 0 Å². The molecular weight excluding hydrogens is 298 g/mol. The lowest BCUT2D eigenvalue weighted by Gasteiger charge is -2.12. The second kappa shape index (κ2) is 8.60. The van der Waals surface area contributed by atoms with Gasteiger partial charge >= 0.3 is 12.0 Å². The third-order valence-electron chi connectivity index (χ3n) is 2.23. The number of hydrogen-bond donors (Lipinski definition) is 3. The maximum Gasteiger partial charge on any atom is 0.355 e. The van der Waals surface area contributed by atoms with Crippen molar-refractivity contribution in [3.63, 3.8) is 0 Å². The zero-order valence-corrected chi connectivity index (χ0v) is 12.7. The fourth-order valence-electron chi connectivity index (χ4n) is 1.30. The number of nitrogens with zero attached hydrogens (tertiary/aromatic N) is 1. The zero-order valence-electron chi connectivity index (χ0n) is 11.1. The number of aromatic nitrogens is 1. The Morgan fingerprint density at radius 3 is 3.00 bits per heavy atom. The topological polar surface area (TPSA) is 91.3 Å². The van der Waals surface area contributed by atoms with Gasteiger partial charge in [-0.1, -0.05) is 6.08 Å². The first-order valence-electron chi connectivity index (χ1n) is 5.96. The summed E-state index contributed by atoms with van der Waals surface area (Å²) in [5, 5.41) is 16.3. The minimum atomic E-state index is -1.07. The van der Waals surface area contributed by atoms with Gasteiger partial charge in [0, 0.05) is 23.4 Å². The van der Waals surface area contributed by atoms with Crippen LogP contribution in [0.3, 0.4) is 0 Å². The van der Waals surface area contributed by atoms with Crippen molar-refractivity contribution in [1.29, 1.82) is 0 Å². The Kier molecular flexibility index (Phi) is 7.10. The van der Waals surface area contributed by atoms with E-state index in [4.69, 9.17) is 5.11 Å². The molecule has 0 aliphatic rings. The molecule has 20 heavy (non-hydrogen) atoms. The molecule has 0 aromatic carbocycles. The predicted molar refractivity (Wildman–Crippen MR) is 81.5 cm³/mol. The summed E-state index contributed by atoms with van der Waals surface area (Å²) in [5.74, 6) is 0.605. The molecule has 1 rings (SSSR count). The number of aromatic carboxylic acids is 1. The maximum absolute atomic E-state index is 11.6. The average molecular weight is 315 g/mol. The van der Waals surface area contributed by atoms with Crippen LogP contribution >= 0.6 is 23.1 Å². The molecule has 0 spiro atoms. The number of carboxylic acids is 1. The lowest BCUT2D eigenvalue weighted by atomic mass is 10.3. The van der Waals surface area contributed by atoms with Crippen LogP contribution in [-0.4, -0.2) is 40.1 Å². The van der Waals surface area contributed by atoms with Gasteiger partial charge in [0.1, 0.15) is 5.01 Å². The molecule has 0 aliphatic heterocycles. The standard InChI is InChI=1S/C12H17N3O3S2/c1-3-5-19-6-4-13-12(18)14-8(2)10-15-9(7-20-10)11(16)17/h3,7-8H,1,4-6H2,2H3,(H,16,17)(H2,13,14,18). The fraction of sp³-hybridized carbons (Fsp3) is 0.417. The number of hydrogen-bond acceptors (Lipinski definition) is 5. The first-order valence-corrected chi connectivity index (χ1v) is 7.99. The lowest BCUT2D eigenvalue weighted by Crippen LogP contribution is -2.38. The molecule has 1 unspecified atom stereocenters. The SMILES string of the molecule is C=CCSCCNC(=O)NC(C)c1nc(C(=O)O)cs1. The molecule has 1 atom stereocenters. The largest absolute Gasteiger partial charge is 0.476 e. The molecule has 0 bridgehead atoms. The number of rotatable bonds is 8. The van der Waals surface area contributed by atoms with Gasteiger partial charge in [0.05, 0.1) is 6.04 Å². The highest BCUT2D eigenvalue weighted by Gasteiger charge is 2.15. The highest BCUT2D eigenvalue weighted by atomic mass is 32.2. The quantitative estimate of drug-likeness (QED) is 0.505. The van der Waals surface area contributed by atoms with Crippen molar-refractivity contribution in [3.8, 4) is 0 Å². The van der Waals surface area contributed by atoms with Crippen molar-refractivity contribution in [3.05, 3.63) is 28.7 Å². The molecular formula is C12H17N3O3S2. The number of amides is 2. The van der Waals surface area contributed by atoms with Crippen molar-refractivity contribution >= 4 is 35.1 Å². The maximum atomic E-state index is 11.6. The normalized spacial score (nSPS) is 11.7. The van der Waals surface area contributed by atoms with E-state index < -0.39 is 5.97 Å². The van der Waals surface area contributed by atoms with E-state index in [-0.39, 0.29) is 17.8 Å². The van der Waals surface area contributed by atoms with Crippen LogP contribution in [0.5, 0.6) is 0 Å². The van der Waals surface area contributed by atoms with Crippen LogP contribution in [0, 0.1) is 0 Å². The Balaban J connectivity index is 2.33. The van der Waals surface area contributed by atoms with E-state index in [0.29, 0.717) is 11.6 Å². The molecule has 3 N–H and O–H groups in total. The monoisotopic (exact) mass is 315 g/mol. The van der Waals surface area contributed by atoms with Gasteiger partial charge in [0.2, 0.25) is 0 Å². The molecule has 2 amide bonds. The molecule has 0 aliphatic carbocycles. The van der Waals surface area contributed by atoms with E-state index in [2.05, 4.69) is 22.2 Å². The summed E-state index contributed by atoms with van der Waals surface area (Å²) in [6, 6.07) is -0.613. The van der Waals surface area contributed by atoms with Crippen LogP contribution in [0.4, 0.5) is 4.79 Å². The predicted octanol–water partition coefficient (Wildman–Crippen LogP) is 2.12. The summed E-state index contributed by atoms with van der Waals surface area (Å²) in [5.41, 5.74) is -0.000108. The number of nitrogens with one attached hydrogen (secondary N) is 2. The fourth-order valence-corrected chi connectivity index (χ4v) is 2.68. The van der Waals surface area contributed by atoms with Crippen LogP contribution in [0.2, 0.25) is 0 Å². The molecule has 0 saturated carbocycles. The number of thiazole rings is 1. The van der Waals surface area contributed by atoms with E-state index >= 15 is 0 Å². The van der Waals surface area contributed by atoms with Crippen molar-refractivity contribution in [2.45, 2.75) is 13.0 Å². The summed E-state index contributed by atoms with van der Waals surface area (Å²) in [6.07, 6.45) is 1.81. The zero-order chi connectivity index (χ0) is 15.0. The molecule has 110 valence electrons. The highest BCUT2D eigenvalue weighted by molar-refractivity contribution is 7.99. The second-order valence-electron chi connectivity index (χ2n) is 3.86. The number of carboxylic acid groups (broad SMARTS) is 1. The highest BCUT2D eigenvalue weighted by Crippen LogP contribution is 2.17. The first-order chi connectivity index (χ1) is 9.54. The van der Waals surface area contributed by atoms with Gasteiger partial charge in [-0.05, 0) is 6.92 Å². The lowest BCUT2D eigenvalue weighted by molar-refractivity contribution is 0.0691. The molecule has 6 nitrogen and oxygen atoms in total. The van der Waals surface area contributed by atoms with Crippen LogP contribution in [0.15, 0.2) is 18.0 Å². The second-order valence-corrected chi connectivity index (χ2v) is 5.90. The first kappa shape index (κ1) is 16.5. The van der Waals surface area contributed by atoms with Gasteiger partial charge < -0.3 is 15.7 Å². The van der Waals surface area contributed by atoms with E-state index in [9.17, 15) is 9.59 Å². The molecule has 0 fully saturated rings. The van der Waals surface area contributed by atoms with Crippen molar-refractivity contribution in [1.82, 2.24) is 15.6 Å². The summed E-state index contributed by atoms with van der Waals surface area (Å²) in [7, 11) is 0. The van der Waals surface area contributed by atoms with E-state index in [1.807, 2.05) is 6.08 Å². The Bertz CT molecular complexity index is 476. The van der Waals surface area contributed by atoms with Crippen LogP contribution in [0.1, 0.15) is 28.5 Å². The van der Waals surface area contributed by atoms with E-state index in [1.54, 1.807) is 18.7 Å². The van der Waals surface area contributed by atoms with Gasteiger partial charge in [-0.25, -0.2) is 14.6 Å². The van der Waals surface area contributed by atoms with Crippen LogP contribution in [-0.2, 0) is 0 Å². The van der Waals surface area contributed by atoms with Crippen molar-refractivity contribution in [2.75, 3.05) is 18.1 Å². The smallest absolute Gasteiger partial charge is 0.355 e. The molecule has 1 heterocycles. The number of urea groups is 1. The Morgan fingerprint density at radius 1 is 1.65 bits per heavy atom. The minimum Gasteiger partial charge on any atom is -0.476 e. The van der Waals surface area contributed by atoms with Gasteiger partial charge in [0.25, 0.3) is 0 Å². The van der Waals surface area contributed by atoms with Gasteiger partial charge in [-0.3, -0.25) is 0 Å². The van der Waals surface area contributed by atoms with Crippen LogP contribution < -0.4 is 10.6 Å². The summed E-state index contributed by atoms with van der Waals surface area (Å²) in [6.45, 7) is 5.94. The van der Waals surface area contributed by atoms with E-state index in [0.717, 1.165) is 11.5 Å². The molecule has 8 heteroatoms. The molecule has 0 radical (unpaired) electrons. The van der Waals surface area contributed by atoms with E-state index in [1.165, 1.54) is 16.7 Å². The number of thioether (sulfide) groups is 1. The number of carbonyl (C=O) groups is 2. The average Bonchev–Trinajstić information content (AvgIpc) is 2.88. The van der Waals surface area contributed by atoms with Gasteiger partial charge in [-0.2, -0.15) is 11.8 Å². The van der Waals surface area contributed by atoms with Crippen LogP contribution in [0.25, 0.3) is 0 Å². The summed E-state index contributed by atoms with van der Waals surface area (Å²) in [4.78, 5) is 26.3. The summed E-state index contributed by atoms with van der Waals surface area (Å²) < 4.78 is 0. The van der Waals surface area contributed by atoms with Crippen molar-refractivity contribution < 1.29 is 14.7 Å². The third kappa shape index (κ3) is 5.62. The van der Waals surface area contributed by atoms with Gasteiger partial charge in [0.15, 0.2) is 5.69 Å². The summed E-state index contributed by atoms with van der Waals surface area (Å²) >= 11 is 2.89. The minimum absolute atomic E-state index is 0.000108. The Hall–Kier alpha value is -1.54. The molecule has 0 saturated heterocycles. The van der Waals surface area contributed by atoms with Gasteiger partial charge in [-0.15, -0.1) is 17.9 Å². The third-order valence-corrected chi connectivity index (χ3v) is 4.22.